The van der Waals surface area contributed by atoms with E-state index in [1.807, 2.05) is 6.07 Å². The first-order chi connectivity index (χ1) is 9.15. The van der Waals surface area contributed by atoms with E-state index in [2.05, 4.69) is 0 Å². The van der Waals surface area contributed by atoms with Crippen molar-refractivity contribution in [3.8, 4) is 6.07 Å². The van der Waals surface area contributed by atoms with Crippen molar-refractivity contribution in [2.75, 3.05) is 11.9 Å². The number of hydrogen-bond donors (Lipinski definition) is 1. The Morgan fingerprint density at radius 2 is 2.00 bits per heavy atom. The first-order valence-corrected chi connectivity index (χ1v) is 5.72. The summed E-state index contributed by atoms with van der Waals surface area (Å²) in [6.07, 6.45) is 0. The Bertz CT molecular complexity index is 623. The van der Waals surface area contributed by atoms with Crippen LogP contribution in [-0.4, -0.2) is 13.0 Å². The Labute approximate surface area is 110 Å². The number of anilines is 1. The molecule has 0 saturated carbocycles. The number of furan rings is 1. The number of rotatable bonds is 3. The monoisotopic (exact) mass is 255 g/mol. The van der Waals surface area contributed by atoms with Gasteiger partial charge in [0.15, 0.2) is 5.76 Å². The van der Waals surface area contributed by atoms with Crippen LogP contribution in [0.15, 0.2) is 40.8 Å². The SMILES string of the molecule is CN(C(=O)c1ccc(CN)o1)c1ccc(C#N)cc1. The van der Waals surface area contributed by atoms with Crippen LogP contribution in [0.3, 0.4) is 0 Å². The second-order valence-corrected chi connectivity index (χ2v) is 3.99. The highest BCUT2D eigenvalue weighted by molar-refractivity contribution is 6.03. The van der Waals surface area contributed by atoms with Crippen molar-refractivity contribution in [1.29, 1.82) is 5.26 Å². The van der Waals surface area contributed by atoms with Gasteiger partial charge in [-0.15, -0.1) is 0 Å². The number of nitrogens with two attached hydrogens (primary N) is 1. The molecule has 5 nitrogen and oxygen atoms in total. The molecule has 0 fully saturated rings. The maximum Gasteiger partial charge on any atom is 0.293 e. The third-order valence-corrected chi connectivity index (χ3v) is 2.76. The minimum atomic E-state index is -0.260. The van der Waals surface area contributed by atoms with Crippen LogP contribution in [0.4, 0.5) is 5.69 Å². The number of hydrogen-bond acceptors (Lipinski definition) is 4. The summed E-state index contributed by atoms with van der Waals surface area (Å²) in [5, 5.41) is 8.73. The maximum atomic E-state index is 12.2. The molecule has 1 aromatic carbocycles. The zero-order valence-electron chi connectivity index (χ0n) is 10.5. The molecular weight excluding hydrogens is 242 g/mol. The van der Waals surface area contributed by atoms with Gasteiger partial charge in [-0.1, -0.05) is 0 Å². The molecule has 1 amide bonds. The summed E-state index contributed by atoms with van der Waals surface area (Å²) in [5.74, 6) is 0.549. The highest BCUT2D eigenvalue weighted by atomic mass is 16.4. The quantitative estimate of drug-likeness (QED) is 0.907. The van der Waals surface area contributed by atoms with E-state index in [-0.39, 0.29) is 18.2 Å². The summed E-state index contributed by atoms with van der Waals surface area (Å²) < 4.78 is 5.31. The first-order valence-electron chi connectivity index (χ1n) is 5.72. The number of amides is 1. The smallest absolute Gasteiger partial charge is 0.293 e. The van der Waals surface area contributed by atoms with Gasteiger partial charge >= 0.3 is 0 Å². The molecular formula is C14H13N3O2. The minimum Gasteiger partial charge on any atom is -0.455 e. The third kappa shape index (κ3) is 2.64. The van der Waals surface area contributed by atoms with Crippen LogP contribution in [0.1, 0.15) is 21.9 Å². The van der Waals surface area contributed by atoms with Crippen molar-refractivity contribution in [2.24, 2.45) is 5.73 Å². The van der Waals surface area contributed by atoms with Gasteiger partial charge in [-0.2, -0.15) is 5.26 Å². The van der Waals surface area contributed by atoms with Gasteiger partial charge in [0.1, 0.15) is 5.76 Å². The summed E-state index contributed by atoms with van der Waals surface area (Å²) in [6.45, 7) is 0.258. The molecule has 0 radical (unpaired) electrons. The highest BCUT2D eigenvalue weighted by Crippen LogP contribution is 2.17. The normalized spacial score (nSPS) is 9.95. The zero-order valence-corrected chi connectivity index (χ0v) is 10.5. The summed E-state index contributed by atoms with van der Waals surface area (Å²) in [7, 11) is 1.65. The Morgan fingerprint density at radius 1 is 1.32 bits per heavy atom. The molecule has 0 atom stereocenters. The Morgan fingerprint density at radius 3 is 2.53 bits per heavy atom. The highest BCUT2D eigenvalue weighted by Gasteiger charge is 2.17. The molecule has 0 spiro atoms. The summed E-state index contributed by atoms with van der Waals surface area (Å²) in [6, 6.07) is 12.1. The fraction of sp³-hybridized carbons (Fsp3) is 0.143. The fourth-order valence-corrected chi connectivity index (χ4v) is 1.64. The lowest BCUT2D eigenvalue weighted by atomic mass is 10.2. The predicted octanol–water partition coefficient (Wildman–Crippen LogP) is 1.89. The molecule has 1 aromatic heterocycles. The standard InChI is InChI=1S/C14H13N3O2/c1-17(11-4-2-10(8-15)3-5-11)14(18)13-7-6-12(9-16)19-13/h2-7H,9,16H2,1H3. The Balaban J connectivity index is 2.20. The van der Waals surface area contributed by atoms with Gasteiger partial charge in [-0.25, -0.2) is 0 Å². The van der Waals surface area contributed by atoms with Crippen molar-refractivity contribution in [1.82, 2.24) is 0 Å². The molecule has 0 aliphatic carbocycles. The number of nitriles is 1. The van der Waals surface area contributed by atoms with E-state index in [4.69, 9.17) is 15.4 Å². The van der Waals surface area contributed by atoms with Crippen LogP contribution in [-0.2, 0) is 6.54 Å². The van der Waals surface area contributed by atoms with Crippen molar-refractivity contribution in [3.05, 3.63) is 53.5 Å². The van der Waals surface area contributed by atoms with Crippen LogP contribution >= 0.6 is 0 Å². The van der Waals surface area contributed by atoms with E-state index >= 15 is 0 Å². The van der Waals surface area contributed by atoms with Gasteiger partial charge in [0.25, 0.3) is 5.91 Å². The average Bonchev–Trinajstić information content (AvgIpc) is 2.94. The van der Waals surface area contributed by atoms with E-state index in [1.165, 1.54) is 4.90 Å². The van der Waals surface area contributed by atoms with Crippen LogP contribution in [0.5, 0.6) is 0 Å². The second-order valence-electron chi connectivity index (χ2n) is 3.99. The lowest BCUT2D eigenvalue weighted by Gasteiger charge is -2.15. The van der Waals surface area contributed by atoms with Gasteiger partial charge in [0.05, 0.1) is 18.2 Å². The molecule has 96 valence electrons. The first kappa shape index (κ1) is 12.9. The van der Waals surface area contributed by atoms with E-state index in [9.17, 15) is 4.79 Å². The average molecular weight is 255 g/mol. The third-order valence-electron chi connectivity index (χ3n) is 2.76. The van der Waals surface area contributed by atoms with Crippen LogP contribution in [0, 0.1) is 11.3 Å². The molecule has 1 heterocycles. The summed E-state index contributed by atoms with van der Waals surface area (Å²) in [4.78, 5) is 13.6. The molecule has 5 heteroatoms. The molecule has 0 aliphatic heterocycles. The summed E-state index contributed by atoms with van der Waals surface area (Å²) in [5.41, 5.74) is 6.67. The van der Waals surface area contributed by atoms with E-state index < -0.39 is 0 Å². The lowest BCUT2D eigenvalue weighted by molar-refractivity contribution is 0.0965. The van der Waals surface area contributed by atoms with Gasteiger partial charge < -0.3 is 15.1 Å². The summed E-state index contributed by atoms with van der Waals surface area (Å²) >= 11 is 0. The fourth-order valence-electron chi connectivity index (χ4n) is 1.64. The van der Waals surface area contributed by atoms with E-state index in [1.54, 1.807) is 43.4 Å². The molecule has 0 aliphatic rings. The van der Waals surface area contributed by atoms with Gasteiger partial charge in [0, 0.05) is 12.7 Å². The number of carbonyl (C=O) groups excluding carboxylic acids is 1. The number of carbonyl (C=O) groups is 1. The van der Waals surface area contributed by atoms with Gasteiger partial charge in [0.2, 0.25) is 0 Å². The van der Waals surface area contributed by atoms with Crippen LogP contribution in [0.2, 0.25) is 0 Å². The van der Waals surface area contributed by atoms with Crippen molar-refractivity contribution >= 4 is 11.6 Å². The Kier molecular flexibility index (Phi) is 3.64. The zero-order chi connectivity index (χ0) is 13.8. The molecule has 2 rings (SSSR count). The van der Waals surface area contributed by atoms with Gasteiger partial charge in [-0.05, 0) is 36.4 Å². The van der Waals surface area contributed by atoms with Gasteiger partial charge in [-0.3, -0.25) is 4.79 Å². The topological polar surface area (TPSA) is 83.3 Å². The molecule has 2 aromatic rings. The van der Waals surface area contributed by atoms with Crippen molar-refractivity contribution in [3.63, 3.8) is 0 Å². The van der Waals surface area contributed by atoms with Crippen LogP contribution in [0.25, 0.3) is 0 Å². The number of nitrogens with zero attached hydrogens (tertiary/aromatic N) is 2. The molecule has 2 N–H and O–H groups in total. The molecule has 0 bridgehead atoms. The largest absolute Gasteiger partial charge is 0.455 e. The van der Waals surface area contributed by atoms with E-state index in [0.29, 0.717) is 17.0 Å². The molecule has 19 heavy (non-hydrogen) atoms. The van der Waals surface area contributed by atoms with Crippen molar-refractivity contribution < 1.29 is 9.21 Å². The second kappa shape index (κ2) is 5.38. The van der Waals surface area contributed by atoms with Crippen LogP contribution < -0.4 is 10.6 Å². The molecule has 0 unspecified atom stereocenters. The minimum absolute atomic E-state index is 0.243. The lowest BCUT2D eigenvalue weighted by Crippen LogP contribution is -2.25. The van der Waals surface area contributed by atoms with E-state index in [0.717, 1.165) is 0 Å². The maximum absolute atomic E-state index is 12.2. The predicted molar refractivity (Wildman–Crippen MR) is 70.5 cm³/mol. The number of benzene rings is 1. The Hall–Kier alpha value is -2.58. The van der Waals surface area contributed by atoms with Crippen molar-refractivity contribution in [2.45, 2.75) is 6.54 Å². The molecule has 0 saturated heterocycles.